The van der Waals surface area contributed by atoms with Crippen molar-refractivity contribution in [1.82, 2.24) is 4.57 Å². The average Bonchev–Trinajstić information content (AvgIpc) is 2.38. The molecule has 0 aliphatic carbocycles. The predicted octanol–water partition coefficient (Wildman–Crippen LogP) is 3.65. The average molecular weight is 329 g/mol. The zero-order valence-corrected chi connectivity index (χ0v) is 11.7. The van der Waals surface area contributed by atoms with Gasteiger partial charge in [-0.15, -0.1) is 0 Å². The van der Waals surface area contributed by atoms with E-state index >= 15 is 0 Å². The van der Waals surface area contributed by atoms with Gasteiger partial charge in [-0.05, 0) is 31.2 Å². The third-order valence-electron chi connectivity index (χ3n) is 2.65. The van der Waals surface area contributed by atoms with E-state index in [1.54, 1.807) is 13.0 Å². The van der Waals surface area contributed by atoms with Crippen LogP contribution in [0.1, 0.15) is 6.92 Å². The molecule has 0 unspecified atom stereocenters. The number of anilines is 2. The van der Waals surface area contributed by atoms with E-state index in [1.165, 1.54) is 29.0 Å². The van der Waals surface area contributed by atoms with Crippen molar-refractivity contribution in [3.05, 3.63) is 56.9 Å². The zero-order valence-electron chi connectivity index (χ0n) is 10.1. The largest absolute Gasteiger partial charge is 0.351 e. The molecule has 0 aliphatic heterocycles. The van der Waals surface area contributed by atoms with Gasteiger partial charge in [0.05, 0.1) is 11.4 Å². The van der Waals surface area contributed by atoms with E-state index in [1.807, 2.05) is 0 Å². The van der Waals surface area contributed by atoms with E-state index in [0.29, 0.717) is 11.0 Å². The molecular weight excluding hydrogens is 318 g/mol. The minimum absolute atomic E-state index is 0.0454. The van der Waals surface area contributed by atoms with Gasteiger partial charge in [-0.1, -0.05) is 15.9 Å². The van der Waals surface area contributed by atoms with E-state index in [4.69, 9.17) is 0 Å². The van der Waals surface area contributed by atoms with E-state index < -0.39 is 17.2 Å². The van der Waals surface area contributed by atoms with Crippen LogP contribution in [0.15, 0.2) is 39.7 Å². The SMILES string of the molecule is CCn1ccc(Nc2ccc(Br)cc2F)c(F)c1=O. The van der Waals surface area contributed by atoms with Crippen molar-refractivity contribution in [1.29, 1.82) is 0 Å². The molecule has 100 valence electrons. The second-order valence-corrected chi connectivity index (χ2v) is 4.80. The number of pyridine rings is 1. The fourth-order valence-corrected chi connectivity index (χ4v) is 1.96. The molecule has 1 aromatic carbocycles. The first-order valence-electron chi connectivity index (χ1n) is 5.64. The van der Waals surface area contributed by atoms with Crippen LogP contribution in [-0.2, 0) is 6.54 Å². The van der Waals surface area contributed by atoms with Crippen LogP contribution >= 0.6 is 15.9 Å². The molecule has 0 atom stereocenters. The van der Waals surface area contributed by atoms with Crippen molar-refractivity contribution in [2.45, 2.75) is 13.5 Å². The zero-order chi connectivity index (χ0) is 14.0. The van der Waals surface area contributed by atoms with E-state index in [0.717, 1.165) is 0 Å². The molecule has 6 heteroatoms. The summed E-state index contributed by atoms with van der Waals surface area (Å²) in [5.74, 6) is -1.46. The molecule has 19 heavy (non-hydrogen) atoms. The molecular formula is C13H11BrF2N2O. The summed E-state index contributed by atoms with van der Waals surface area (Å²) in [5, 5.41) is 2.58. The molecule has 0 aliphatic rings. The lowest BCUT2D eigenvalue weighted by molar-refractivity contribution is 0.579. The Morgan fingerprint density at radius 2 is 2.00 bits per heavy atom. The standard InChI is InChI=1S/C13H11BrF2N2O/c1-2-18-6-5-11(12(16)13(18)19)17-10-4-3-8(14)7-9(10)15/h3-7,17H,2H2,1H3. The highest BCUT2D eigenvalue weighted by Crippen LogP contribution is 2.23. The van der Waals surface area contributed by atoms with Gasteiger partial charge in [-0.3, -0.25) is 4.79 Å². The number of aromatic nitrogens is 1. The Balaban J connectivity index is 2.39. The van der Waals surface area contributed by atoms with Gasteiger partial charge in [-0.25, -0.2) is 4.39 Å². The fourth-order valence-electron chi connectivity index (χ4n) is 1.63. The van der Waals surface area contributed by atoms with Crippen LogP contribution in [-0.4, -0.2) is 4.57 Å². The molecule has 1 heterocycles. The Morgan fingerprint density at radius 3 is 2.63 bits per heavy atom. The Kier molecular flexibility index (Phi) is 3.99. The molecule has 0 radical (unpaired) electrons. The normalized spacial score (nSPS) is 10.5. The van der Waals surface area contributed by atoms with Crippen molar-refractivity contribution >= 4 is 27.3 Å². The monoisotopic (exact) mass is 328 g/mol. The molecule has 2 aromatic rings. The first-order chi connectivity index (χ1) is 9.02. The predicted molar refractivity (Wildman–Crippen MR) is 73.7 cm³/mol. The number of hydrogen-bond donors (Lipinski definition) is 1. The first-order valence-corrected chi connectivity index (χ1v) is 6.43. The number of hydrogen-bond acceptors (Lipinski definition) is 2. The van der Waals surface area contributed by atoms with E-state index in [2.05, 4.69) is 21.2 Å². The molecule has 0 saturated carbocycles. The number of nitrogens with one attached hydrogen (secondary N) is 1. The summed E-state index contributed by atoms with van der Waals surface area (Å²) in [6, 6.07) is 5.75. The second-order valence-electron chi connectivity index (χ2n) is 3.88. The first kappa shape index (κ1) is 13.7. The quantitative estimate of drug-likeness (QED) is 0.933. The van der Waals surface area contributed by atoms with Crippen LogP contribution in [0.2, 0.25) is 0 Å². The topological polar surface area (TPSA) is 34.0 Å². The minimum Gasteiger partial charge on any atom is -0.351 e. The van der Waals surface area contributed by atoms with Gasteiger partial charge in [-0.2, -0.15) is 4.39 Å². The van der Waals surface area contributed by atoms with Crippen LogP contribution in [0.5, 0.6) is 0 Å². The maximum atomic E-state index is 13.8. The van der Waals surface area contributed by atoms with Crippen molar-refractivity contribution in [3.8, 4) is 0 Å². The number of halogens is 3. The highest BCUT2D eigenvalue weighted by Gasteiger charge is 2.11. The van der Waals surface area contributed by atoms with Crippen LogP contribution in [0, 0.1) is 11.6 Å². The lowest BCUT2D eigenvalue weighted by atomic mass is 10.3. The number of nitrogens with zero attached hydrogens (tertiary/aromatic N) is 1. The summed E-state index contributed by atoms with van der Waals surface area (Å²) in [6.45, 7) is 2.12. The number of benzene rings is 1. The van der Waals surface area contributed by atoms with Crippen molar-refractivity contribution in [2.75, 3.05) is 5.32 Å². The van der Waals surface area contributed by atoms with Gasteiger partial charge in [0, 0.05) is 17.2 Å². The fraction of sp³-hybridized carbons (Fsp3) is 0.154. The third-order valence-corrected chi connectivity index (χ3v) is 3.14. The molecule has 1 N–H and O–H groups in total. The lowest BCUT2D eigenvalue weighted by Crippen LogP contribution is -2.22. The van der Waals surface area contributed by atoms with Gasteiger partial charge in [0.15, 0.2) is 0 Å². The Labute approximate surface area is 117 Å². The van der Waals surface area contributed by atoms with Gasteiger partial charge >= 0.3 is 0 Å². The lowest BCUT2D eigenvalue weighted by Gasteiger charge is -2.10. The number of rotatable bonds is 3. The second kappa shape index (κ2) is 5.52. The summed E-state index contributed by atoms with van der Waals surface area (Å²) in [6.07, 6.45) is 1.46. The molecule has 0 bridgehead atoms. The highest BCUT2D eigenvalue weighted by molar-refractivity contribution is 9.10. The van der Waals surface area contributed by atoms with Gasteiger partial charge in [0.2, 0.25) is 5.82 Å². The summed E-state index contributed by atoms with van der Waals surface area (Å²) in [5.41, 5.74) is -0.670. The van der Waals surface area contributed by atoms with E-state index in [-0.39, 0.29) is 11.4 Å². The van der Waals surface area contributed by atoms with Gasteiger partial charge in [0.1, 0.15) is 5.82 Å². The van der Waals surface area contributed by atoms with Crippen LogP contribution in [0.3, 0.4) is 0 Å². The summed E-state index contributed by atoms with van der Waals surface area (Å²) in [7, 11) is 0. The van der Waals surface area contributed by atoms with Crippen LogP contribution < -0.4 is 10.9 Å². The smallest absolute Gasteiger partial charge is 0.288 e. The van der Waals surface area contributed by atoms with Crippen LogP contribution in [0.25, 0.3) is 0 Å². The summed E-state index contributed by atoms with van der Waals surface area (Å²) in [4.78, 5) is 11.6. The molecule has 1 aromatic heterocycles. The van der Waals surface area contributed by atoms with Crippen molar-refractivity contribution in [3.63, 3.8) is 0 Å². The Morgan fingerprint density at radius 1 is 1.26 bits per heavy atom. The molecule has 0 fully saturated rings. The summed E-state index contributed by atoms with van der Waals surface area (Å²) >= 11 is 3.13. The highest BCUT2D eigenvalue weighted by atomic mass is 79.9. The Hall–Kier alpha value is -1.69. The van der Waals surface area contributed by atoms with Crippen molar-refractivity contribution < 1.29 is 8.78 Å². The molecule has 0 amide bonds. The molecule has 0 saturated heterocycles. The minimum atomic E-state index is -0.924. The summed E-state index contributed by atoms with van der Waals surface area (Å²) < 4.78 is 29.2. The molecule has 3 nitrogen and oxygen atoms in total. The maximum Gasteiger partial charge on any atom is 0.288 e. The van der Waals surface area contributed by atoms with Gasteiger partial charge in [0.25, 0.3) is 5.56 Å². The van der Waals surface area contributed by atoms with Crippen LogP contribution in [0.4, 0.5) is 20.2 Å². The molecule has 2 rings (SSSR count). The Bertz CT molecular complexity index is 670. The molecule has 0 spiro atoms. The third kappa shape index (κ3) is 2.84. The van der Waals surface area contributed by atoms with Gasteiger partial charge < -0.3 is 9.88 Å². The maximum absolute atomic E-state index is 13.8. The number of aryl methyl sites for hydroxylation is 1. The van der Waals surface area contributed by atoms with Crippen molar-refractivity contribution in [2.24, 2.45) is 0 Å². The van der Waals surface area contributed by atoms with E-state index in [9.17, 15) is 13.6 Å².